The molecule has 0 aliphatic carbocycles. The number of rotatable bonds is 4. The summed E-state index contributed by atoms with van der Waals surface area (Å²) in [6, 6.07) is 16.7. The molecule has 3 heteroatoms. The lowest BCUT2D eigenvalue weighted by molar-refractivity contribution is -0.374. The second-order valence-electron chi connectivity index (χ2n) is 4.21. The van der Waals surface area contributed by atoms with Gasteiger partial charge in [0.2, 0.25) is 0 Å². The van der Waals surface area contributed by atoms with Crippen molar-refractivity contribution in [3.8, 4) is 0 Å². The zero-order chi connectivity index (χ0) is 13.7. The van der Waals surface area contributed by atoms with Crippen LogP contribution in [0, 0.1) is 10.1 Å². The first kappa shape index (κ1) is 13.0. The Morgan fingerprint density at radius 2 is 1.74 bits per heavy atom. The van der Waals surface area contributed by atoms with E-state index in [0.717, 1.165) is 17.5 Å². The first-order valence-corrected chi connectivity index (χ1v) is 6.21. The number of hydrogen-bond donors (Lipinski definition) is 0. The molecule has 0 saturated carbocycles. The van der Waals surface area contributed by atoms with Crippen molar-refractivity contribution in [1.29, 1.82) is 0 Å². The highest BCUT2D eigenvalue weighted by Gasteiger charge is 2.14. The van der Waals surface area contributed by atoms with Crippen LogP contribution in [0.1, 0.15) is 23.6 Å². The molecule has 2 rings (SSSR count). The van der Waals surface area contributed by atoms with Crippen molar-refractivity contribution < 1.29 is 4.92 Å². The van der Waals surface area contributed by atoms with Crippen LogP contribution in [0.2, 0.25) is 0 Å². The Balaban J connectivity index is 2.51. The largest absolute Gasteiger partial charge is 0.277 e. The van der Waals surface area contributed by atoms with E-state index in [2.05, 4.69) is 0 Å². The topological polar surface area (TPSA) is 43.1 Å². The molecule has 2 aromatic carbocycles. The van der Waals surface area contributed by atoms with E-state index in [0.29, 0.717) is 5.56 Å². The molecule has 0 fully saturated rings. The summed E-state index contributed by atoms with van der Waals surface area (Å²) in [6.45, 7) is 2.04. The molecule has 0 aliphatic heterocycles. The van der Waals surface area contributed by atoms with E-state index >= 15 is 0 Å². The lowest BCUT2D eigenvalue weighted by Crippen LogP contribution is -1.98. The molecule has 0 bridgehead atoms. The molecule has 0 amide bonds. The Hall–Kier alpha value is -2.42. The van der Waals surface area contributed by atoms with Crippen LogP contribution in [-0.2, 0) is 6.42 Å². The minimum atomic E-state index is -0.332. The molecular formula is C16H15NO2. The Labute approximate surface area is 112 Å². The van der Waals surface area contributed by atoms with Crippen LogP contribution in [0.4, 0.5) is 0 Å². The summed E-state index contributed by atoms with van der Waals surface area (Å²) in [5.41, 5.74) is 2.76. The summed E-state index contributed by atoms with van der Waals surface area (Å²) in [5.74, 6) is 0. The summed E-state index contributed by atoms with van der Waals surface area (Å²) in [4.78, 5) is 10.9. The monoisotopic (exact) mass is 253 g/mol. The normalized spacial score (nSPS) is 11.3. The Morgan fingerprint density at radius 3 is 2.37 bits per heavy atom. The zero-order valence-corrected chi connectivity index (χ0v) is 10.7. The molecule has 19 heavy (non-hydrogen) atoms. The molecule has 0 aromatic heterocycles. The van der Waals surface area contributed by atoms with Crippen molar-refractivity contribution in [3.05, 3.63) is 81.4 Å². The van der Waals surface area contributed by atoms with Crippen molar-refractivity contribution in [2.24, 2.45) is 0 Å². The molecule has 0 spiro atoms. The molecule has 2 aromatic rings. The second-order valence-corrected chi connectivity index (χ2v) is 4.21. The number of benzene rings is 2. The Bertz CT molecular complexity index is 603. The highest BCUT2D eigenvalue weighted by atomic mass is 16.6. The third-order valence-electron chi connectivity index (χ3n) is 2.99. The van der Waals surface area contributed by atoms with Crippen LogP contribution < -0.4 is 0 Å². The third kappa shape index (κ3) is 3.07. The summed E-state index contributed by atoms with van der Waals surface area (Å²) in [7, 11) is 0. The Kier molecular flexibility index (Phi) is 4.08. The van der Waals surface area contributed by atoms with Crippen LogP contribution in [0.25, 0.3) is 11.8 Å². The molecule has 0 radical (unpaired) electrons. The molecule has 3 nitrogen and oxygen atoms in total. The van der Waals surface area contributed by atoms with Gasteiger partial charge in [-0.1, -0.05) is 49.4 Å². The SMILES string of the molecule is CCc1ccccc1C=C(c1ccccc1)[N+](=O)[O-]. The predicted molar refractivity (Wildman–Crippen MR) is 77.1 cm³/mol. The maximum atomic E-state index is 11.2. The van der Waals surface area contributed by atoms with Crippen LogP contribution in [-0.4, -0.2) is 4.92 Å². The van der Waals surface area contributed by atoms with E-state index in [-0.39, 0.29) is 10.6 Å². The standard InChI is InChI=1S/C16H15NO2/c1-2-13-8-6-7-11-15(13)12-16(17(18)19)14-9-4-3-5-10-14/h3-12H,2H2,1H3. The lowest BCUT2D eigenvalue weighted by atomic mass is 10.0. The summed E-state index contributed by atoms with van der Waals surface area (Å²) < 4.78 is 0. The van der Waals surface area contributed by atoms with Gasteiger partial charge in [0.1, 0.15) is 0 Å². The molecular weight excluding hydrogens is 238 g/mol. The van der Waals surface area contributed by atoms with Crippen molar-refractivity contribution in [3.63, 3.8) is 0 Å². The van der Waals surface area contributed by atoms with Gasteiger partial charge in [-0.3, -0.25) is 10.1 Å². The molecule has 0 unspecified atom stereocenters. The summed E-state index contributed by atoms with van der Waals surface area (Å²) in [6.07, 6.45) is 2.50. The van der Waals surface area contributed by atoms with Crippen LogP contribution in [0.5, 0.6) is 0 Å². The third-order valence-corrected chi connectivity index (χ3v) is 2.99. The lowest BCUT2D eigenvalue weighted by Gasteiger charge is -2.03. The molecule has 0 saturated heterocycles. The molecule has 0 N–H and O–H groups in total. The molecule has 0 aliphatic rings. The molecule has 96 valence electrons. The van der Waals surface area contributed by atoms with Crippen LogP contribution >= 0.6 is 0 Å². The van der Waals surface area contributed by atoms with E-state index in [4.69, 9.17) is 0 Å². The average Bonchev–Trinajstić information content (AvgIpc) is 2.45. The van der Waals surface area contributed by atoms with E-state index in [1.807, 2.05) is 37.3 Å². The minimum Gasteiger partial charge on any atom is -0.258 e. The highest BCUT2D eigenvalue weighted by molar-refractivity contribution is 5.77. The maximum Gasteiger partial charge on any atom is 0.277 e. The van der Waals surface area contributed by atoms with Gasteiger partial charge in [0, 0.05) is 6.08 Å². The van der Waals surface area contributed by atoms with Gasteiger partial charge in [0.15, 0.2) is 0 Å². The van der Waals surface area contributed by atoms with Gasteiger partial charge in [-0.25, -0.2) is 0 Å². The highest BCUT2D eigenvalue weighted by Crippen LogP contribution is 2.21. The quantitative estimate of drug-likeness (QED) is 0.469. The molecule has 0 atom stereocenters. The number of hydrogen-bond acceptors (Lipinski definition) is 2. The minimum absolute atomic E-state index is 0.126. The predicted octanol–water partition coefficient (Wildman–Crippen LogP) is 4.02. The van der Waals surface area contributed by atoms with Gasteiger partial charge in [-0.15, -0.1) is 0 Å². The van der Waals surface area contributed by atoms with Gasteiger partial charge < -0.3 is 0 Å². The van der Waals surface area contributed by atoms with E-state index in [9.17, 15) is 10.1 Å². The smallest absolute Gasteiger partial charge is 0.258 e. The van der Waals surface area contributed by atoms with E-state index in [1.54, 1.807) is 30.3 Å². The average molecular weight is 253 g/mol. The maximum absolute atomic E-state index is 11.2. The first-order chi connectivity index (χ1) is 9.22. The fraction of sp³-hybridized carbons (Fsp3) is 0.125. The number of aryl methyl sites for hydroxylation is 1. The number of nitro groups is 1. The fourth-order valence-corrected chi connectivity index (χ4v) is 1.99. The van der Waals surface area contributed by atoms with Crippen LogP contribution in [0.3, 0.4) is 0 Å². The Morgan fingerprint density at radius 1 is 1.11 bits per heavy atom. The zero-order valence-electron chi connectivity index (χ0n) is 10.7. The first-order valence-electron chi connectivity index (χ1n) is 6.21. The number of nitrogens with zero attached hydrogens (tertiary/aromatic N) is 1. The van der Waals surface area contributed by atoms with Crippen molar-refractivity contribution in [2.45, 2.75) is 13.3 Å². The summed E-state index contributed by atoms with van der Waals surface area (Å²) in [5, 5.41) is 11.2. The van der Waals surface area contributed by atoms with Gasteiger partial charge in [0.25, 0.3) is 5.70 Å². The van der Waals surface area contributed by atoms with Gasteiger partial charge in [-0.05, 0) is 29.7 Å². The van der Waals surface area contributed by atoms with Gasteiger partial charge >= 0.3 is 0 Å². The van der Waals surface area contributed by atoms with Crippen LogP contribution in [0.15, 0.2) is 54.6 Å². The fourth-order valence-electron chi connectivity index (χ4n) is 1.99. The second kappa shape index (κ2) is 5.96. The van der Waals surface area contributed by atoms with Crippen molar-refractivity contribution in [2.75, 3.05) is 0 Å². The van der Waals surface area contributed by atoms with E-state index < -0.39 is 0 Å². The van der Waals surface area contributed by atoms with Crippen molar-refractivity contribution in [1.82, 2.24) is 0 Å². The summed E-state index contributed by atoms with van der Waals surface area (Å²) >= 11 is 0. The molecule has 0 heterocycles. The van der Waals surface area contributed by atoms with Gasteiger partial charge in [0.05, 0.1) is 10.5 Å². The van der Waals surface area contributed by atoms with Gasteiger partial charge in [-0.2, -0.15) is 0 Å². The van der Waals surface area contributed by atoms with E-state index in [1.165, 1.54) is 0 Å². The van der Waals surface area contributed by atoms with Crippen molar-refractivity contribution >= 4 is 11.8 Å².